The molecule has 1 heterocycles. The van der Waals surface area contributed by atoms with Gasteiger partial charge in [0.25, 0.3) is 0 Å². The van der Waals surface area contributed by atoms with Crippen LogP contribution < -0.4 is 9.47 Å². The first-order valence-corrected chi connectivity index (χ1v) is 10.9. The summed E-state index contributed by atoms with van der Waals surface area (Å²) in [6.45, 7) is 0.233. The van der Waals surface area contributed by atoms with Crippen LogP contribution in [-0.4, -0.2) is 25.7 Å². The maximum atomic E-state index is 13.4. The number of hydrogen-bond donors (Lipinski definition) is 0. The Kier molecular flexibility index (Phi) is 5.87. The molecule has 0 radical (unpaired) electrons. The van der Waals surface area contributed by atoms with Crippen LogP contribution in [0.2, 0.25) is 0 Å². The van der Waals surface area contributed by atoms with Crippen molar-refractivity contribution in [2.75, 3.05) is 7.11 Å². The van der Waals surface area contributed by atoms with Gasteiger partial charge < -0.3 is 14.0 Å². The number of methoxy groups -OCH3 is 1. The topological polar surface area (TPSA) is 115 Å². The molecule has 0 saturated heterocycles. The van der Waals surface area contributed by atoms with Crippen molar-refractivity contribution >= 4 is 9.84 Å². The van der Waals surface area contributed by atoms with Crippen molar-refractivity contribution in [3.05, 3.63) is 84.3 Å². The summed E-state index contributed by atoms with van der Waals surface area (Å²) in [7, 11) is -2.55. The van der Waals surface area contributed by atoms with Crippen molar-refractivity contribution in [1.29, 1.82) is 5.26 Å². The van der Waals surface area contributed by atoms with E-state index in [-0.39, 0.29) is 39.4 Å². The summed E-state index contributed by atoms with van der Waals surface area (Å²) in [4.78, 5) is 3.97. The highest BCUT2D eigenvalue weighted by atomic mass is 32.2. The molecule has 0 fully saturated rings. The minimum Gasteiger partial charge on any atom is -0.493 e. The van der Waals surface area contributed by atoms with Crippen molar-refractivity contribution in [3.8, 4) is 29.0 Å². The Hall–Kier alpha value is -4.16. The molecule has 160 valence electrons. The van der Waals surface area contributed by atoms with Gasteiger partial charge in [0.1, 0.15) is 6.61 Å². The molecule has 0 amide bonds. The smallest absolute Gasteiger partial charge is 0.329 e. The summed E-state index contributed by atoms with van der Waals surface area (Å²) in [5.74, 6) is 0.179. The van der Waals surface area contributed by atoms with E-state index in [0.29, 0.717) is 5.75 Å². The highest BCUT2D eigenvalue weighted by Crippen LogP contribution is 2.39. The molecule has 9 heteroatoms. The fourth-order valence-electron chi connectivity index (χ4n) is 3.05. The SMILES string of the molecule is COc1cc(S(=O)(=O)c2ccccc2)c(-c2noc(C#N)n2)cc1OCc1ccccc1. The molecule has 0 N–H and O–H groups in total. The zero-order valence-corrected chi connectivity index (χ0v) is 17.7. The van der Waals surface area contributed by atoms with E-state index in [1.807, 2.05) is 30.3 Å². The zero-order valence-electron chi connectivity index (χ0n) is 16.9. The quantitative estimate of drug-likeness (QED) is 0.417. The minimum absolute atomic E-state index is 0.0525. The largest absolute Gasteiger partial charge is 0.493 e. The van der Waals surface area contributed by atoms with Crippen LogP contribution in [-0.2, 0) is 16.4 Å². The van der Waals surface area contributed by atoms with Gasteiger partial charge in [0.05, 0.1) is 16.9 Å². The first-order valence-electron chi connectivity index (χ1n) is 9.46. The Morgan fingerprint density at radius 2 is 1.69 bits per heavy atom. The standard InChI is InChI=1S/C23H17N3O5S/c1-29-19-13-21(32(27,28)17-10-6-3-7-11-17)18(23-25-22(14-24)31-26-23)12-20(19)30-15-16-8-4-2-5-9-16/h2-13H,15H2,1H3. The highest BCUT2D eigenvalue weighted by molar-refractivity contribution is 7.91. The van der Waals surface area contributed by atoms with E-state index in [1.54, 1.807) is 24.3 Å². The summed E-state index contributed by atoms with van der Waals surface area (Å²) in [6, 6.07) is 22.0. The lowest BCUT2D eigenvalue weighted by molar-refractivity contribution is 0.284. The lowest BCUT2D eigenvalue weighted by atomic mass is 10.2. The summed E-state index contributed by atoms with van der Waals surface area (Å²) >= 11 is 0. The summed E-state index contributed by atoms with van der Waals surface area (Å²) in [6.07, 6.45) is 0. The number of nitriles is 1. The van der Waals surface area contributed by atoms with Crippen molar-refractivity contribution in [1.82, 2.24) is 10.1 Å². The van der Waals surface area contributed by atoms with Crippen LogP contribution in [0.15, 0.2) is 87.1 Å². The second-order valence-electron chi connectivity index (χ2n) is 6.62. The second-order valence-corrected chi connectivity index (χ2v) is 8.54. The fourth-order valence-corrected chi connectivity index (χ4v) is 4.52. The number of aromatic nitrogens is 2. The van der Waals surface area contributed by atoms with Crippen LogP contribution >= 0.6 is 0 Å². The van der Waals surface area contributed by atoms with Gasteiger partial charge in [-0.05, 0) is 23.8 Å². The van der Waals surface area contributed by atoms with Crippen LogP contribution in [0.25, 0.3) is 11.4 Å². The Morgan fingerprint density at radius 3 is 2.31 bits per heavy atom. The van der Waals surface area contributed by atoms with E-state index >= 15 is 0 Å². The maximum absolute atomic E-state index is 13.4. The summed E-state index contributed by atoms with van der Waals surface area (Å²) in [5, 5.41) is 12.8. The molecular formula is C23H17N3O5S. The molecule has 0 spiro atoms. The monoisotopic (exact) mass is 447 g/mol. The van der Waals surface area contributed by atoms with Crippen LogP contribution in [0, 0.1) is 11.3 Å². The predicted molar refractivity (Wildman–Crippen MR) is 114 cm³/mol. The van der Waals surface area contributed by atoms with E-state index in [0.717, 1.165) is 5.56 Å². The lowest BCUT2D eigenvalue weighted by Crippen LogP contribution is -2.07. The van der Waals surface area contributed by atoms with Gasteiger partial charge >= 0.3 is 5.89 Å². The van der Waals surface area contributed by atoms with Gasteiger partial charge in [0, 0.05) is 11.6 Å². The van der Waals surface area contributed by atoms with Gasteiger partial charge in [-0.25, -0.2) is 8.42 Å². The fraction of sp³-hybridized carbons (Fsp3) is 0.0870. The van der Waals surface area contributed by atoms with Gasteiger partial charge in [-0.3, -0.25) is 0 Å². The van der Waals surface area contributed by atoms with Gasteiger partial charge in [0.15, 0.2) is 17.6 Å². The van der Waals surface area contributed by atoms with Crippen LogP contribution in [0.3, 0.4) is 0 Å². The van der Waals surface area contributed by atoms with Crippen molar-refractivity contribution in [2.45, 2.75) is 16.4 Å². The van der Waals surface area contributed by atoms with E-state index in [4.69, 9.17) is 19.3 Å². The van der Waals surface area contributed by atoms with Gasteiger partial charge in [0.2, 0.25) is 15.7 Å². The molecule has 32 heavy (non-hydrogen) atoms. The van der Waals surface area contributed by atoms with Crippen molar-refractivity contribution in [3.63, 3.8) is 0 Å². The number of hydrogen-bond acceptors (Lipinski definition) is 8. The van der Waals surface area contributed by atoms with E-state index in [9.17, 15) is 8.42 Å². The zero-order chi connectivity index (χ0) is 22.6. The lowest BCUT2D eigenvalue weighted by Gasteiger charge is -2.15. The molecule has 3 aromatic carbocycles. The van der Waals surface area contributed by atoms with E-state index in [1.165, 1.54) is 31.4 Å². The van der Waals surface area contributed by atoms with E-state index < -0.39 is 9.84 Å². The average Bonchev–Trinajstić information content (AvgIpc) is 3.32. The highest BCUT2D eigenvalue weighted by Gasteiger charge is 2.27. The average molecular weight is 447 g/mol. The summed E-state index contributed by atoms with van der Waals surface area (Å²) < 4.78 is 43.0. The Balaban J connectivity index is 1.86. The Labute approximate surface area is 184 Å². The van der Waals surface area contributed by atoms with Crippen LogP contribution in [0.1, 0.15) is 11.5 Å². The number of sulfone groups is 1. The molecule has 4 aromatic rings. The normalized spacial score (nSPS) is 11.0. The number of benzene rings is 3. The summed E-state index contributed by atoms with van der Waals surface area (Å²) in [5.41, 5.74) is 1.05. The molecule has 0 unspecified atom stereocenters. The van der Waals surface area contributed by atoms with Crippen LogP contribution in [0.4, 0.5) is 0 Å². The molecule has 0 bridgehead atoms. The molecule has 1 aromatic heterocycles. The van der Waals surface area contributed by atoms with Gasteiger partial charge in [-0.1, -0.05) is 53.7 Å². The Morgan fingerprint density at radius 1 is 1.00 bits per heavy atom. The molecule has 0 saturated carbocycles. The minimum atomic E-state index is -3.97. The third-order valence-corrected chi connectivity index (χ3v) is 6.42. The number of rotatable bonds is 7. The first-order chi connectivity index (χ1) is 15.5. The van der Waals surface area contributed by atoms with Gasteiger partial charge in [-0.15, -0.1) is 0 Å². The Bertz CT molecular complexity index is 1380. The number of ether oxygens (including phenoxy) is 2. The molecule has 0 aliphatic carbocycles. The van der Waals surface area contributed by atoms with Crippen molar-refractivity contribution in [2.24, 2.45) is 0 Å². The molecule has 0 atom stereocenters. The first kappa shape index (κ1) is 21.1. The molecule has 8 nitrogen and oxygen atoms in total. The van der Waals surface area contributed by atoms with Gasteiger partial charge in [-0.2, -0.15) is 10.2 Å². The third-order valence-electron chi connectivity index (χ3n) is 4.61. The molecule has 4 rings (SSSR count). The third kappa shape index (κ3) is 4.17. The second kappa shape index (κ2) is 8.91. The maximum Gasteiger partial charge on any atom is 0.329 e. The molecule has 0 aliphatic heterocycles. The van der Waals surface area contributed by atoms with Crippen molar-refractivity contribution < 1.29 is 22.4 Å². The van der Waals surface area contributed by atoms with Crippen LogP contribution in [0.5, 0.6) is 11.5 Å². The molecular weight excluding hydrogens is 430 g/mol. The molecule has 0 aliphatic rings. The van der Waals surface area contributed by atoms with E-state index in [2.05, 4.69) is 10.1 Å². The predicted octanol–water partition coefficient (Wildman–Crippen LogP) is 4.03. The number of nitrogens with zero attached hydrogens (tertiary/aromatic N) is 3.